The van der Waals surface area contributed by atoms with Crippen LogP contribution >= 0.6 is 0 Å². The average molecular weight is 290 g/mol. The molecule has 0 spiro atoms. The first kappa shape index (κ1) is 21.7. The van der Waals surface area contributed by atoms with E-state index in [1.54, 1.807) is 20.8 Å². The topological polar surface area (TPSA) is 66.8 Å². The summed E-state index contributed by atoms with van der Waals surface area (Å²) in [6.45, 7) is 9.59. The Labute approximate surface area is 124 Å². The molecule has 4 heteroatoms. The highest BCUT2D eigenvalue weighted by molar-refractivity contribution is 5.69. The minimum absolute atomic E-state index is 0.0909. The molecule has 0 aromatic heterocycles. The van der Waals surface area contributed by atoms with Gasteiger partial charge in [0.25, 0.3) is 0 Å². The number of hydrogen-bond acceptors (Lipinski definition) is 3. The quantitative estimate of drug-likeness (QED) is 0.351. The fourth-order valence-electron chi connectivity index (χ4n) is 1.66. The maximum atomic E-state index is 10.9. The number of aliphatic carboxylic acids is 1. The Bertz CT molecular complexity index is 221. The van der Waals surface area contributed by atoms with Gasteiger partial charge in [0.05, 0.1) is 11.5 Å². The summed E-state index contributed by atoms with van der Waals surface area (Å²) in [5.41, 5.74) is -0.403. The third kappa shape index (κ3) is 17.4. The van der Waals surface area contributed by atoms with Gasteiger partial charge >= 0.3 is 5.97 Å². The number of unbranched alkanes of at least 4 members (excludes halogenated alkanes) is 4. The SMILES string of the molecule is CC(C)(C)OO.CCCCCCC(CCCC)C(=O)O. The molecule has 0 saturated carbocycles. The van der Waals surface area contributed by atoms with Gasteiger partial charge < -0.3 is 5.11 Å². The summed E-state index contributed by atoms with van der Waals surface area (Å²) < 4.78 is 0. The van der Waals surface area contributed by atoms with Gasteiger partial charge in [-0.25, -0.2) is 4.89 Å². The molecule has 0 aromatic carbocycles. The molecule has 0 amide bonds. The van der Waals surface area contributed by atoms with Gasteiger partial charge in [0, 0.05) is 0 Å². The van der Waals surface area contributed by atoms with Crippen molar-refractivity contribution in [3.05, 3.63) is 0 Å². The van der Waals surface area contributed by atoms with E-state index < -0.39 is 11.6 Å². The third-order valence-electron chi connectivity index (χ3n) is 2.94. The van der Waals surface area contributed by atoms with Crippen molar-refractivity contribution < 1.29 is 20.0 Å². The van der Waals surface area contributed by atoms with Crippen LogP contribution < -0.4 is 0 Å². The van der Waals surface area contributed by atoms with Crippen molar-refractivity contribution in [1.82, 2.24) is 0 Å². The summed E-state index contributed by atoms with van der Waals surface area (Å²) in [6.07, 6.45) is 8.59. The molecule has 4 nitrogen and oxygen atoms in total. The Morgan fingerprint density at radius 1 is 1.00 bits per heavy atom. The zero-order chi connectivity index (χ0) is 16.0. The molecule has 0 aromatic rings. The molecule has 2 N–H and O–H groups in total. The lowest BCUT2D eigenvalue weighted by Gasteiger charge is -2.10. The van der Waals surface area contributed by atoms with Crippen molar-refractivity contribution in [3.8, 4) is 0 Å². The van der Waals surface area contributed by atoms with Crippen LogP contribution in [0.3, 0.4) is 0 Å². The highest BCUT2D eigenvalue weighted by Crippen LogP contribution is 2.17. The van der Waals surface area contributed by atoms with Crippen molar-refractivity contribution in [2.24, 2.45) is 5.92 Å². The van der Waals surface area contributed by atoms with Crippen LogP contribution in [0.15, 0.2) is 0 Å². The number of carboxylic acids is 1. The average Bonchev–Trinajstić information content (AvgIpc) is 2.37. The first-order chi connectivity index (χ1) is 9.28. The highest BCUT2D eigenvalue weighted by Gasteiger charge is 2.15. The lowest BCUT2D eigenvalue weighted by atomic mass is 9.95. The molecule has 0 bridgehead atoms. The summed E-state index contributed by atoms with van der Waals surface area (Å²) >= 11 is 0. The summed E-state index contributed by atoms with van der Waals surface area (Å²) in [6, 6.07) is 0. The van der Waals surface area contributed by atoms with Crippen LogP contribution in [0.1, 0.15) is 86.0 Å². The van der Waals surface area contributed by atoms with Crippen LogP contribution in [0.2, 0.25) is 0 Å². The molecule has 0 rings (SSSR count). The summed E-state index contributed by atoms with van der Waals surface area (Å²) in [7, 11) is 0. The minimum atomic E-state index is -0.602. The molecular formula is C16H34O4. The molecule has 0 heterocycles. The number of rotatable bonds is 9. The van der Waals surface area contributed by atoms with Crippen LogP contribution in [-0.4, -0.2) is 21.9 Å². The lowest BCUT2D eigenvalue weighted by Crippen LogP contribution is -2.15. The normalized spacial score (nSPS) is 12.5. The Morgan fingerprint density at radius 3 is 1.80 bits per heavy atom. The molecule has 1 unspecified atom stereocenters. The molecule has 1 atom stereocenters. The van der Waals surface area contributed by atoms with Gasteiger partial charge in [-0.1, -0.05) is 52.4 Å². The molecule has 0 aliphatic carbocycles. The van der Waals surface area contributed by atoms with Crippen molar-refractivity contribution in [2.75, 3.05) is 0 Å². The first-order valence-corrected chi connectivity index (χ1v) is 7.83. The van der Waals surface area contributed by atoms with Crippen molar-refractivity contribution in [1.29, 1.82) is 0 Å². The number of carbonyl (C=O) groups is 1. The number of carboxylic acid groups (broad SMARTS) is 1. The van der Waals surface area contributed by atoms with E-state index in [0.29, 0.717) is 0 Å². The summed E-state index contributed by atoms with van der Waals surface area (Å²) in [5.74, 6) is -0.693. The molecule has 122 valence electrons. The molecule has 0 radical (unpaired) electrons. The zero-order valence-corrected chi connectivity index (χ0v) is 13.9. The maximum absolute atomic E-state index is 10.9. The largest absolute Gasteiger partial charge is 0.481 e. The van der Waals surface area contributed by atoms with E-state index in [-0.39, 0.29) is 5.92 Å². The Kier molecular flexibility index (Phi) is 14.5. The second-order valence-electron chi connectivity index (χ2n) is 6.23. The van der Waals surface area contributed by atoms with Gasteiger partial charge in [-0.05, 0) is 33.6 Å². The Hall–Kier alpha value is -0.610. The van der Waals surface area contributed by atoms with E-state index in [2.05, 4.69) is 18.7 Å². The van der Waals surface area contributed by atoms with E-state index >= 15 is 0 Å². The molecule has 0 aliphatic heterocycles. The highest BCUT2D eigenvalue weighted by atomic mass is 17.1. The van der Waals surface area contributed by atoms with Gasteiger partial charge in [0.2, 0.25) is 0 Å². The van der Waals surface area contributed by atoms with Gasteiger partial charge in [0.15, 0.2) is 0 Å². The second-order valence-corrected chi connectivity index (χ2v) is 6.23. The van der Waals surface area contributed by atoms with Crippen molar-refractivity contribution in [2.45, 2.75) is 91.6 Å². The van der Waals surface area contributed by atoms with Crippen molar-refractivity contribution in [3.63, 3.8) is 0 Å². The summed E-state index contributed by atoms with van der Waals surface area (Å²) in [4.78, 5) is 14.8. The first-order valence-electron chi connectivity index (χ1n) is 7.83. The van der Waals surface area contributed by atoms with Crippen molar-refractivity contribution >= 4 is 5.97 Å². The van der Waals surface area contributed by atoms with E-state index in [1.807, 2.05) is 0 Å². The van der Waals surface area contributed by atoms with Gasteiger partial charge in [-0.3, -0.25) is 10.1 Å². The Morgan fingerprint density at radius 2 is 1.45 bits per heavy atom. The van der Waals surface area contributed by atoms with Gasteiger partial charge in [-0.2, -0.15) is 0 Å². The molecular weight excluding hydrogens is 256 g/mol. The molecule has 0 fully saturated rings. The smallest absolute Gasteiger partial charge is 0.306 e. The summed E-state index contributed by atoms with van der Waals surface area (Å²) in [5, 5.41) is 16.9. The van der Waals surface area contributed by atoms with Crippen LogP contribution in [0, 0.1) is 5.92 Å². The van der Waals surface area contributed by atoms with Gasteiger partial charge in [0.1, 0.15) is 0 Å². The fraction of sp³-hybridized carbons (Fsp3) is 0.938. The van der Waals surface area contributed by atoms with E-state index in [1.165, 1.54) is 19.3 Å². The molecule has 0 saturated heterocycles. The maximum Gasteiger partial charge on any atom is 0.306 e. The predicted octanol–water partition coefficient (Wildman–Crippen LogP) is 5.12. The minimum Gasteiger partial charge on any atom is -0.481 e. The standard InChI is InChI=1S/C12H24O2.C4H10O2/c1-3-5-7-8-10-11(12(13)14)9-6-4-2;1-4(2,3)6-5/h11H,3-10H2,1-2H3,(H,13,14);5H,1-3H3. The third-order valence-corrected chi connectivity index (χ3v) is 2.94. The zero-order valence-electron chi connectivity index (χ0n) is 13.9. The second kappa shape index (κ2) is 13.4. The van der Waals surface area contributed by atoms with E-state index in [0.717, 1.165) is 32.1 Å². The van der Waals surface area contributed by atoms with Crippen LogP contribution in [-0.2, 0) is 9.68 Å². The predicted molar refractivity (Wildman–Crippen MR) is 82.9 cm³/mol. The van der Waals surface area contributed by atoms with E-state index in [9.17, 15) is 4.79 Å². The van der Waals surface area contributed by atoms with Crippen LogP contribution in [0.5, 0.6) is 0 Å². The van der Waals surface area contributed by atoms with Crippen LogP contribution in [0.4, 0.5) is 0 Å². The van der Waals surface area contributed by atoms with Crippen LogP contribution in [0.25, 0.3) is 0 Å². The fourth-order valence-corrected chi connectivity index (χ4v) is 1.66. The number of hydrogen-bond donors (Lipinski definition) is 2. The van der Waals surface area contributed by atoms with Gasteiger partial charge in [-0.15, -0.1) is 0 Å². The molecule has 0 aliphatic rings. The van der Waals surface area contributed by atoms with E-state index in [4.69, 9.17) is 10.4 Å². The molecule has 20 heavy (non-hydrogen) atoms. The monoisotopic (exact) mass is 290 g/mol. The lowest BCUT2D eigenvalue weighted by molar-refractivity contribution is -0.306. The Balaban J connectivity index is 0.